The topological polar surface area (TPSA) is 130 Å². The average Bonchev–Trinajstić information content (AvgIpc) is 2.73. The summed E-state index contributed by atoms with van der Waals surface area (Å²) < 4.78 is 12.9. The van der Waals surface area contributed by atoms with Crippen molar-refractivity contribution in [3.8, 4) is 0 Å². The second-order valence-corrected chi connectivity index (χ2v) is 7.84. The van der Waals surface area contributed by atoms with E-state index in [1.54, 1.807) is 31.2 Å². The van der Waals surface area contributed by atoms with Crippen LogP contribution in [0.25, 0.3) is 0 Å². The summed E-state index contributed by atoms with van der Waals surface area (Å²) in [7, 11) is 0. The maximum atomic E-state index is 12.9. The zero-order valence-electron chi connectivity index (χ0n) is 16.8. The molecule has 0 saturated carbocycles. The molecule has 2 aromatic carbocycles. The summed E-state index contributed by atoms with van der Waals surface area (Å²) in [5.74, 6) is -2.07. The van der Waals surface area contributed by atoms with Crippen molar-refractivity contribution < 1.29 is 23.6 Å². The van der Waals surface area contributed by atoms with Crippen LogP contribution >= 0.6 is 11.8 Å². The molecule has 0 aliphatic heterocycles. The van der Waals surface area contributed by atoms with Gasteiger partial charge in [0.25, 0.3) is 5.91 Å². The van der Waals surface area contributed by atoms with Gasteiger partial charge in [0, 0.05) is 18.7 Å². The van der Waals surface area contributed by atoms with Crippen molar-refractivity contribution in [2.45, 2.75) is 18.6 Å². The summed E-state index contributed by atoms with van der Waals surface area (Å²) in [6.45, 7) is 1.73. The molecule has 0 bridgehead atoms. The van der Waals surface area contributed by atoms with Crippen LogP contribution in [0, 0.1) is 5.82 Å². The third-order valence-electron chi connectivity index (χ3n) is 4.05. The minimum absolute atomic E-state index is 0.00786. The summed E-state index contributed by atoms with van der Waals surface area (Å²) >= 11 is 1.12. The number of hydrogen-bond acceptors (Lipinski definition) is 5. The van der Waals surface area contributed by atoms with E-state index in [0.717, 1.165) is 11.8 Å². The maximum absolute atomic E-state index is 12.9. The van der Waals surface area contributed by atoms with E-state index in [4.69, 9.17) is 5.73 Å². The molecule has 0 spiro atoms. The van der Waals surface area contributed by atoms with Gasteiger partial charge in [-0.25, -0.2) is 4.39 Å². The standard InChI is InChI=1S/C21H23FN4O4S/c1-13(31-12-19(28)25-15-8-6-14(22)7-9-15)20(29)26-17-5-3-2-4-16(17)21(30)24-11-10-18(23)27/h2-9,13H,10-12H2,1H3,(H2,23,27)(H,24,30)(H,25,28)(H,26,29). The third kappa shape index (κ3) is 8.09. The van der Waals surface area contributed by atoms with Crippen LogP contribution in [0.3, 0.4) is 0 Å². The predicted molar refractivity (Wildman–Crippen MR) is 118 cm³/mol. The smallest absolute Gasteiger partial charge is 0.253 e. The fraction of sp³-hybridized carbons (Fsp3) is 0.238. The molecule has 0 fully saturated rings. The molecule has 4 amide bonds. The Labute approximate surface area is 183 Å². The highest BCUT2D eigenvalue weighted by Gasteiger charge is 2.18. The van der Waals surface area contributed by atoms with Crippen LogP contribution in [-0.2, 0) is 14.4 Å². The number of carbonyl (C=O) groups is 4. The first-order valence-corrected chi connectivity index (χ1v) is 10.4. The number of carbonyl (C=O) groups excluding carboxylic acids is 4. The molecule has 0 heterocycles. The van der Waals surface area contributed by atoms with Gasteiger partial charge in [-0.2, -0.15) is 0 Å². The van der Waals surface area contributed by atoms with Crippen LogP contribution in [0.1, 0.15) is 23.7 Å². The highest BCUT2D eigenvalue weighted by molar-refractivity contribution is 8.01. The predicted octanol–water partition coefficient (Wildman–Crippen LogP) is 2.13. The number of amides is 4. The minimum atomic E-state index is -0.579. The number of halogens is 1. The van der Waals surface area contributed by atoms with Crippen molar-refractivity contribution in [2.24, 2.45) is 5.73 Å². The lowest BCUT2D eigenvalue weighted by molar-refractivity contribution is -0.118. The second kappa shape index (κ2) is 11.7. The number of primary amides is 1. The van der Waals surface area contributed by atoms with E-state index in [1.807, 2.05) is 0 Å². The van der Waals surface area contributed by atoms with Gasteiger partial charge < -0.3 is 21.7 Å². The van der Waals surface area contributed by atoms with Gasteiger partial charge in [0.1, 0.15) is 5.82 Å². The monoisotopic (exact) mass is 446 g/mol. The summed E-state index contributed by atoms with van der Waals surface area (Å²) in [5, 5.41) is 7.29. The Hall–Kier alpha value is -3.40. The third-order valence-corrected chi connectivity index (χ3v) is 5.19. The molecule has 1 atom stereocenters. The van der Waals surface area contributed by atoms with Crippen molar-refractivity contribution in [3.63, 3.8) is 0 Å². The van der Waals surface area contributed by atoms with E-state index < -0.39 is 22.9 Å². The zero-order valence-corrected chi connectivity index (χ0v) is 17.6. The van der Waals surface area contributed by atoms with E-state index in [-0.39, 0.29) is 36.1 Å². The quantitative estimate of drug-likeness (QED) is 0.444. The van der Waals surface area contributed by atoms with Crippen molar-refractivity contribution in [1.82, 2.24) is 5.32 Å². The van der Waals surface area contributed by atoms with Crippen LogP contribution in [0.2, 0.25) is 0 Å². The largest absolute Gasteiger partial charge is 0.370 e. The van der Waals surface area contributed by atoms with Crippen molar-refractivity contribution in [2.75, 3.05) is 22.9 Å². The van der Waals surface area contributed by atoms with Crippen molar-refractivity contribution in [3.05, 3.63) is 59.9 Å². The Morgan fingerprint density at radius 3 is 2.39 bits per heavy atom. The van der Waals surface area contributed by atoms with Gasteiger partial charge in [0.05, 0.1) is 22.3 Å². The van der Waals surface area contributed by atoms with Crippen LogP contribution in [-0.4, -0.2) is 41.2 Å². The summed E-state index contributed by atoms with van der Waals surface area (Å²) in [6, 6.07) is 11.8. The van der Waals surface area contributed by atoms with Gasteiger partial charge >= 0.3 is 0 Å². The maximum Gasteiger partial charge on any atom is 0.253 e. The molecule has 2 rings (SSSR count). The lowest BCUT2D eigenvalue weighted by atomic mass is 10.1. The zero-order chi connectivity index (χ0) is 22.8. The highest BCUT2D eigenvalue weighted by atomic mass is 32.2. The molecule has 0 aromatic heterocycles. The summed E-state index contributed by atoms with van der Waals surface area (Å²) in [4.78, 5) is 47.6. The molecule has 0 saturated heterocycles. The Morgan fingerprint density at radius 2 is 1.71 bits per heavy atom. The molecular formula is C21H23FN4O4S. The van der Waals surface area contributed by atoms with Crippen molar-refractivity contribution in [1.29, 1.82) is 0 Å². The number of anilines is 2. The molecule has 1 unspecified atom stereocenters. The Morgan fingerprint density at radius 1 is 1.03 bits per heavy atom. The first-order valence-electron chi connectivity index (χ1n) is 9.39. The van der Waals surface area contributed by atoms with E-state index in [2.05, 4.69) is 16.0 Å². The van der Waals surface area contributed by atoms with Crippen LogP contribution < -0.4 is 21.7 Å². The van der Waals surface area contributed by atoms with Gasteiger partial charge in [-0.3, -0.25) is 19.2 Å². The molecule has 164 valence electrons. The highest BCUT2D eigenvalue weighted by Crippen LogP contribution is 2.19. The minimum Gasteiger partial charge on any atom is -0.370 e. The fourth-order valence-electron chi connectivity index (χ4n) is 2.43. The molecular weight excluding hydrogens is 423 g/mol. The molecule has 31 heavy (non-hydrogen) atoms. The molecule has 5 N–H and O–H groups in total. The first kappa shape index (κ1) is 23.9. The Kier molecular flexibility index (Phi) is 9.01. The average molecular weight is 447 g/mol. The number of nitrogens with two attached hydrogens (primary N) is 1. The van der Waals surface area contributed by atoms with Gasteiger partial charge in [0.15, 0.2) is 0 Å². The van der Waals surface area contributed by atoms with E-state index >= 15 is 0 Å². The normalized spacial score (nSPS) is 11.3. The second-order valence-electron chi connectivity index (χ2n) is 6.52. The van der Waals surface area contributed by atoms with Crippen LogP contribution in [0.4, 0.5) is 15.8 Å². The molecule has 0 radical (unpaired) electrons. The molecule has 0 aliphatic carbocycles. The van der Waals surface area contributed by atoms with E-state index in [0.29, 0.717) is 11.4 Å². The molecule has 0 aliphatic rings. The van der Waals surface area contributed by atoms with E-state index in [1.165, 1.54) is 24.3 Å². The van der Waals surface area contributed by atoms with E-state index in [9.17, 15) is 23.6 Å². The lowest BCUT2D eigenvalue weighted by Crippen LogP contribution is -2.30. The number of benzene rings is 2. The van der Waals surface area contributed by atoms with Gasteiger partial charge in [0.2, 0.25) is 17.7 Å². The van der Waals surface area contributed by atoms with Crippen molar-refractivity contribution >= 4 is 46.8 Å². The van der Waals surface area contributed by atoms with Gasteiger partial charge in [-0.05, 0) is 43.3 Å². The number of nitrogens with one attached hydrogen (secondary N) is 3. The Bertz CT molecular complexity index is 953. The summed E-state index contributed by atoms with van der Waals surface area (Å²) in [5.41, 5.74) is 6.07. The van der Waals surface area contributed by atoms with Gasteiger partial charge in [-0.15, -0.1) is 11.8 Å². The summed E-state index contributed by atoms with van der Waals surface area (Å²) in [6.07, 6.45) is 0.00786. The Balaban J connectivity index is 1.88. The number of para-hydroxylation sites is 1. The molecule has 10 heteroatoms. The fourth-order valence-corrected chi connectivity index (χ4v) is 3.11. The number of thioether (sulfide) groups is 1. The first-order chi connectivity index (χ1) is 14.8. The van der Waals surface area contributed by atoms with Gasteiger partial charge in [-0.1, -0.05) is 12.1 Å². The number of rotatable bonds is 10. The molecule has 8 nitrogen and oxygen atoms in total. The molecule has 2 aromatic rings. The van der Waals surface area contributed by atoms with Crippen LogP contribution in [0.15, 0.2) is 48.5 Å². The lowest BCUT2D eigenvalue weighted by Gasteiger charge is -2.15. The SMILES string of the molecule is CC(SCC(=O)Nc1ccc(F)cc1)C(=O)Nc1ccccc1C(=O)NCCC(N)=O. The number of hydrogen-bond donors (Lipinski definition) is 4. The van der Waals surface area contributed by atoms with Crippen LogP contribution in [0.5, 0.6) is 0 Å².